The summed E-state index contributed by atoms with van der Waals surface area (Å²) >= 11 is 0. The van der Waals surface area contributed by atoms with Crippen LogP contribution in [0.3, 0.4) is 0 Å². The molecule has 4 nitrogen and oxygen atoms in total. The second-order valence-corrected chi connectivity index (χ2v) is 10.5. The Morgan fingerprint density at radius 3 is 2.04 bits per heavy atom. The molecule has 1 aromatic carbocycles. The van der Waals surface area contributed by atoms with Gasteiger partial charge in [0.25, 0.3) is 0 Å². The lowest BCUT2D eigenvalue weighted by Gasteiger charge is -2.59. The molecule has 4 aliphatic carbocycles. The van der Waals surface area contributed by atoms with Crippen molar-refractivity contribution in [3.05, 3.63) is 24.3 Å². The highest BCUT2D eigenvalue weighted by Gasteiger charge is 2.54. The number of ether oxygens (including phenoxy) is 1. The van der Waals surface area contributed by atoms with Gasteiger partial charge in [0.15, 0.2) is 0 Å². The third kappa shape index (κ3) is 3.29. The fourth-order valence-electron chi connectivity index (χ4n) is 6.38. The van der Waals surface area contributed by atoms with Crippen LogP contribution in [-0.2, 0) is 10.0 Å². The molecular formula is C21H31NO3S. The number of benzene rings is 1. The summed E-state index contributed by atoms with van der Waals surface area (Å²) < 4.78 is 34.5. The van der Waals surface area contributed by atoms with E-state index >= 15 is 0 Å². The summed E-state index contributed by atoms with van der Waals surface area (Å²) in [5, 5.41) is 0. The van der Waals surface area contributed by atoms with E-state index < -0.39 is 10.0 Å². The Morgan fingerprint density at radius 2 is 1.58 bits per heavy atom. The molecule has 0 spiro atoms. The summed E-state index contributed by atoms with van der Waals surface area (Å²) in [7, 11) is -3.50. The van der Waals surface area contributed by atoms with Crippen LogP contribution in [0.25, 0.3) is 0 Å². The Hall–Kier alpha value is -1.07. The van der Waals surface area contributed by atoms with E-state index in [9.17, 15) is 8.42 Å². The summed E-state index contributed by atoms with van der Waals surface area (Å²) in [5.74, 6) is 3.18. The van der Waals surface area contributed by atoms with Gasteiger partial charge in [0, 0.05) is 6.04 Å². The van der Waals surface area contributed by atoms with Crippen molar-refractivity contribution in [1.82, 2.24) is 4.72 Å². The Balaban J connectivity index is 1.54. The topological polar surface area (TPSA) is 55.4 Å². The zero-order valence-electron chi connectivity index (χ0n) is 15.9. The molecule has 0 amide bonds. The highest BCUT2D eigenvalue weighted by molar-refractivity contribution is 7.89. The Bertz CT molecular complexity index is 706. The van der Waals surface area contributed by atoms with Gasteiger partial charge in [-0.25, -0.2) is 13.1 Å². The number of hydrogen-bond donors (Lipinski definition) is 1. The van der Waals surface area contributed by atoms with Gasteiger partial charge in [-0.3, -0.25) is 0 Å². The molecule has 144 valence electrons. The highest BCUT2D eigenvalue weighted by Crippen LogP contribution is 2.61. The minimum atomic E-state index is -3.50. The smallest absolute Gasteiger partial charge is 0.240 e. The summed E-state index contributed by atoms with van der Waals surface area (Å²) in [5.41, 5.74) is 0.182. The Kier molecular flexibility index (Phi) is 4.81. The number of sulfonamides is 1. The van der Waals surface area contributed by atoms with Crippen LogP contribution in [-0.4, -0.2) is 21.1 Å². The van der Waals surface area contributed by atoms with Gasteiger partial charge in [0.05, 0.1) is 11.5 Å². The molecule has 5 heteroatoms. The average molecular weight is 378 g/mol. The largest absolute Gasteiger partial charge is 0.494 e. The summed E-state index contributed by atoms with van der Waals surface area (Å²) in [4.78, 5) is 0.337. The van der Waals surface area contributed by atoms with E-state index in [2.05, 4.69) is 11.6 Å². The normalized spacial score (nSPS) is 34.0. The SMILES string of the molecule is CCOc1ccc(S(=O)(=O)N[C@@H](CC)C23CC4CC(CC(C4)C2)C3)cc1. The first-order valence-electron chi connectivity index (χ1n) is 10.2. The predicted octanol–water partition coefficient (Wildman–Crippen LogP) is 4.36. The van der Waals surface area contributed by atoms with E-state index in [1.165, 1.54) is 38.5 Å². The van der Waals surface area contributed by atoms with Crippen molar-refractivity contribution in [2.24, 2.45) is 23.2 Å². The van der Waals surface area contributed by atoms with Crippen molar-refractivity contribution in [1.29, 1.82) is 0 Å². The van der Waals surface area contributed by atoms with Crippen molar-refractivity contribution < 1.29 is 13.2 Å². The van der Waals surface area contributed by atoms with Gasteiger partial charge >= 0.3 is 0 Å². The van der Waals surface area contributed by atoms with Gasteiger partial charge in [-0.05, 0) is 99.3 Å². The van der Waals surface area contributed by atoms with Crippen LogP contribution >= 0.6 is 0 Å². The van der Waals surface area contributed by atoms with E-state index in [-0.39, 0.29) is 11.5 Å². The molecule has 4 bridgehead atoms. The minimum Gasteiger partial charge on any atom is -0.494 e. The minimum absolute atomic E-state index is 0.0486. The maximum atomic E-state index is 13.0. The highest BCUT2D eigenvalue weighted by atomic mass is 32.2. The van der Waals surface area contributed by atoms with Gasteiger partial charge in [-0.2, -0.15) is 0 Å². The lowest BCUT2D eigenvalue weighted by atomic mass is 9.47. The van der Waals surface area contributed by atoms with E-state index in [0.717, 1.165) is 24.2 Å². The molecule has 0 unspecified atom stereocenters. The van der Waals surface area contributed by atoms with Gasteiger partial charge in [-0.1, -0.05) is 6.92 Å². The van der Waals surface area contributed by atoms with Crippen LogP contribution in [0.15, 0.2) is 29.2 Å². The average Bonchev–Trinajstić information content (AvgIpc) is 2.59. The van der Waals surface area contributed by atoms with Crippen LogP contribution in [0.1, 0.15) is 58.8 Å². The van der Waals surface area contributed by atoms with Crippen LogP contribution in [0.2, 0.25) is 0 Å². The van der Waals surface area contributed by atoms with Crippen LogP contribution in [0.4, 0.5) is 0 Å². The third-order valence-corrected chi connectivity index (χ3v) is 8.46. The first-order valence-corrected chi connectivity index (χ1v) is 11.7. The Labute approximate surface area is 157 Å². The third-order valence-electron chi connectivity index (χ3n) is 6.98. The molecule has 4 aliphatic rings. The molecule has 1 atom stereocenters. The second kappa shape index (κ2) is 6.83. The maximum Gasteiger partial charge on any atom is 0.240 e. The van der Waals surface area contributed by atoms with Crippen molar-refractivity contribution in [2.75, 3.05) is 6.61 Å². The Morgan fingerprint density at radius 1 is 1.04 bits per heavy atom. The molecule has 0 aromatic heterocycles. The van der Waals surface area contributed by atoms with Gasteiger partial charge < -0.3 is 4.74 Å². The molecule has 1 N–H and O–H groups in total. The molecule has 26 heavy (non-hydrogen) atoms. The molecule has 0 aliphatic heterocycles. The summed E-state index contributed by atoms with van der Waals surface area (Å²) in [6.45, 7) is 4.63. The summed E-state index contributed by atoms with van der Waals surface area (Å²) in [6.07, 6.45) is 8.63. The van der Waals surface area contributed by atoms with Crippen LogP contribution < -0.4 is 9.46 Å². The monoisotopic (exact) mass is 377 g/mol. The quantitative estimate of drug-likeness (QED) is 0.768. The molecule has 4 saturated carbocycles. The lowest BCUT2D eigenvalue weighted by Crippen LogP contribution is -2.56. The van der Waals surface area contributed by atoms with Gasteiger partial charge in [-0.15, -0.1) is 0 Å². The van der Waals surface area contributed by atoms with Crippen molar-refractivity contribution in [2.45, 2.75) is 69.7 Å². The molecular weight excluding hydrogens is 346 g/mol. The molecule has 4 fully saturated rings. The standard InChI is InChI=1S/C21H31NO3S/c1-3-20(21-12-15-9-16(13-21)11-17(10-15)14-21)22-26(23,24)19-7-5-18(6-8-19)25-4-2/h5-8,15-17,20,22H,3-4,9-14H2,1-2H3/t15?,16?,17?,20-,21?/m0/s1. The van der Waals surface area contributed by atoms with E-state index in [1.54, 1.807) is 24.3 Å². The fraction of sp³-hybridized carbons (Fsp3) is 0.714. The number of nitrogens with one attached hydrogen (secondary N) is 1. The predicted molar refractivity (Wildman–Crippen MR) is 103 cm³/mol. The lowest BCUT2D eigenvalue weighted by molar-refractivity contribution is -0.0704. The first kappa shape index (κ1) is 18.3. The maximum absolute atomic E-state index is 13.0. The van der Waals surface area contributed by atoms with E-state index in [0.29, 0.717) is 17.3 Å². The second-order valence-electron chi connectivity index (χ2n) is 8.77. The van der Waals surface area contributed by atoms with Crippen molar-refractivity contribution >= 4 is 10.0 Å². The zero-order valence-corrected chi connectivity index (χ0v) is 16.7. The number of rotatable bonds is 7. The first-order chi connectivity index (χ1) is 12.4. The molecule has 0 heterocycles. The molecule has 0 radical (unpaired) electrons. The van der Waals surface area contributed by atoms with Gasteiger partial charge in [0.2, 0.25) is 10.0 Å². The van der Waals surface area contributed by atoms with Crippen molar-refractivity contribution in [3.8, 4) is 5.75 Å². The van der Waals surface area contributed by atoms with Crippen LogP contribution in [0, 0.1) is 23.2 Å². The van der Waals surface area contributed by atoms with Crippen molar-refractivity contribution in [3.63, 3.8) is 0 Å². The zero-order chi connectivity index (χ0) is 18.4. The van der Waals surface area contributed by atoms with Gasteiger partial charge in [0.1, 0.15) is 5.75 Å². The molecule has 5 rings (SSSR count). The van der Waals surface area contributed by atoms with Crippen LogP contribution in [0.5, 0.6) is 5.75 Å². The summed E-state index contributed by atoms with van der Waals surface area (Å²) in [6, 6.07) is 6.83. The fourth-order valence-corrected chi connectivity index (χ4v) is 7.80. The molecule has 1 aromatic rings. The van der Waals surface area contributed by atoms with E-state index in [4.69, 9.17) is 4.74 Å². The number of hydrogen-bond acceptors (Lipinski definition) is 3. The van der Waals surface area contributed by atoms with E-state index in [1.807, 2.05) is 6.92 Å². The molecule has 0 saturated heterocycles.